The molecule has 0 atom stereocenters. The lowest BCUT2D eigenvalue weighted by Crippen LogP contribution is -2.07. The van der Waals surface area contributed by atoms with Crippen LogP contribution in [0, 0.1) is 6.92 Å². The van der Waals surface area contributed by atoms with Gasteiger partial charge in [0, 0.05) is 12.4 Å². The molecular weight excluding hydrogens is 165 g/mol. The first-order chi connectivity index (χ1) is 5.02. The molecule has 4 nitrogen and oxygen atoms in total. The average molecular weight is 173 g/mol. The molecule has 1 heterocycles. The predicted molar refractivity (Wildman–Crippen MR) is 40.7 cm³/mol. The molecule has 0 saturated heterocycles. The summed E-state index contributed by atoms with van der Waals surface area (Å²) in [6.45, 7) is 1.61. The third-order valence-electron chi connectivity index (χ3n) is 1.30. The second-order valence-electron chi connectivity index (χ2n) is 2.21. The molecule has 1 aromatic heterocycles. The normalized spacial score (nSPS) is 11.5. The van der Waals surface area contributed by atoms with Crippen molar-refractivity contribution in [1.29, 1.82) is 0 Å². The fraction of sp³-hybridized carbons (Fsp3) is 0.167. The minimum absolute atomic E-state index is 0.0486. The Labute approximate surface area is 64.1 Å². The summed E-state index contributed by atoms with van der Waals surface area (Å²) in [4.78, 5) is 21.2. The van der Waals surface area contributed by atoms with Crippen molar-refractivity contribution in [3.8, 4) is 0 Å². The topological polar surface area (TPSA) is 70.4 Å². The lowest BCUT2D eigenvalue weighted by molar-refractivity contribution is 0.387. The molecule has 11 heavy (non-hydrogen) atoms. The fourth-order valence-corrected chi connectivity index (χ4v) is 1.57. The quantitative estimate of drug-likeness (QED) is 0.595. The first-order valence-corrected chi connectivity index (χ1v) is 4.60. The summed E-state index contributed by atoms with van der Waals surface area (Å²) in [5, 5.41) is 0.0486. The van der Waals surface area contributed by atoms with Crippen LogP contribution in [-0.4, -0.2) is 14.8 Å². The third kappa shape index (κ3) is 1.87. The molecule has 0 radical (unpaired) electrons. The molecule has 0 fully saturated rings. The van der Waals surface area contributed by atoms with E-state index in [0.29, 0.717) is 5.56 Å². The molecule has 5 heteroatoms. The summed E-state index contributed by atoms with van der Waals surface area (Å²) in [5.74, 6) is 0. The second kappa shape index (κ2) is 2.74. The highest BCUT2D eigenvalue weighted by Gasteiger charge is 2.18. The predicted octanol–water partition coefficient (Wildman–Crippen LogP) is 0.193. The maximum atomic E-state index is 10.7. The van der Waals surface area contributed by atoms with E-state index < -0.39 is 7.60 Å². The van der Waals surface area contributed by atoms with Crippen LogP contribution in [0.5, 0.6) is 0 Å². The first-order valence-electron chi connectivity index (χ1n) is 2.98. The highest BCUT2D eigenvalue weighted by atomic mass is 31.2. The minimum atomic E-state index is -4.10. The maximum absolute atomic E-state index is 10.7. The van der Waals surface area contributed by atoms with E-state index in [1.54, 1.807) is 6.92 Å². The summed E-state index contributed by atoms with van der Waals surface area (Å²) in [6.07, 6.45) is 2.79. The molecule has 0 spiro atoms. The molecule has 60 valence electrons. The zero-order chi connectivity index (χ0) is 8.48. The molecular formula is C6H8NO3P. The maximum Gasteiger partial charge on any atom is 0.356 e. The van der Waals surface area contributed by atoms with Crippen LogP contribution in [0.3, 0.4) is 0 Å². The largest absolute Gasteiger partial charge is 0.356 e. The van der Waals surface area contributed by atoms with Crippen molar-refractivity contribution in [3.05, 3.63) is 24.0 Å². The van der Waals surface area contributed by atoms with E-state index in [2.05, 4.69) is 4.98 Å². The van der Waals surface area contributed by atoms with Crippen molar-refractivity contribution in [2.75, 3.05) is 0 Å². The Balaban J connectivity index is 3.25. The van der Waals surface area contributed by atoms with Crippen LogP contribution in [0.2, 0.25) is 0 Å². The van der Waals surface area contributed by atoms with Crippen LogP contribution in [0.1, 0.15) is 5.56 Å². The van der Waals surface area contributed by atoms with E-state index in [9.17, 15) is 4.57 Å². The summed E-state index contributed by atoms with van der Waals surface area (Å²) >= 11 is 0. The molecule has 0 unspecified atom stereocenters. The van der Waals surface area contributed by atoms with Gasteiger partial charge < -0.3 is 9.79 Å². The Morgan fingerprint density at radius 2 is 2.18 bits per heavy atom. The number of hydrogen-bond acceptors (Lipinski definition) is 2. The van der Waals surface area contributed by atoms with Gasteiger partial charge in [-0.2, -0.15) is 0 Å². The van der Waals surface area contributed by atoms with Crippen molar-refractivity contribution in [2.24, 2.45) is 0 Å². The van der Waals surface area contributed by atoms with Crippen LogP contribution in [-0.2, 0) is 4.57 Å². The summed E-state index contributed by atoms with van der Waals surface area (Å²) < 4.78 is 10.7. The Hall–Kier alpha value is -0.700. The highest BCUT2D eigenvalue weighted by Crippen LogP contribution is 2.33. The molecule has 0 aliphatic heterocycles. The van der Waals surface area contributed by atoms with Gasteiger partial charge in [-0.15, -0.1) is 0 Å². The van der Waals surface area contributed by atoms with Crippen LogP contribution in [0.25, 0.3) is 0 Å². The molecule has 1 rings (SSSR count). The lowest BCUT2D eigenvalue weighted by Gasteiger charge is -2.05. The van der Waals surface area contributed by atoms with Gasteiger partial charge in [-0.1, -0.05) is 0 Å². The summed E-state index contributed by atoms with van der Waals surface area (Å²) in [7, 11) is -4.10. The van der Waals surface area contributed by atoms with Gasteiger partial charge in [-0.3, -0.25) is 9.55 Å². The van der Waals surface area contributed by atoms with Crippen molar-refractivity contribution in [1.82, 2.24) is 4.98 Å². The van der Waals surface area contributed by atoms with Gasteiger partial charge in [0.05, 0.1) is 5.30 Å². The van der Waals surface area contributed by atoms with Gasteiger partial charge in [0.2, 0.25) is 0 Å². The number of aryl methyl sites for hydroxylation is 1. The molecule has 1 aromatic rings. The summed E-state index contributed by atoms with van der Waals surface area (Å²) in [5.41, 5.74) is 0.515. The highest BCUT2D eigenvalue weighted by molar-refractivity contribution is 7.60. The van der Waals surface area contributed by atoms with Gasteiger partial charge >= 0.3 is 7.60 Å². The second-order valence-corrected chi connectivity index (χ2v) is 3.78. The zero-order valence-corrected chi connectivity index (χ0v) is 6.82. The Kier molecular flexibility index (Phi) is 2.09. The van der Waals surface area contributed by atoms with E-state index in [1.807, 2.05) is 0 Å². The van der Waals surface area contributed by atoms with E-state index in [-0.39, 0.29) is 5.30 Å². The van der Waals surface area contributed by atoms with E-state index in [0.717, 1.165) is 0 Å². The minimum Gasteiger partial charge on any atom is -0.321 e. The van der Waals surface area contributed by atoms with Crippen LogP contribution >= 0.6 is 7.60 Å². The molecule has 0 aliphatic rings. The molecule has 0 aliphatic carbocycles. The molecule has 0 amide bonds. The fourth-order valence-electron chi connectivity index (χ4n) is 0.793. The monoisotopic (exact) mass is 173 g/mol. The van der Waals surface area contributed by atoms with Crippen molar-refractivity contribution >= 4 is 12.9 Å². The smallest absolute Gasteiger partial charge is 0.321 e. The molecule has 0 aromatic carbocycles. The van der Waals surface area contributed by atoms with E-state index >= 15 is 0 Å². The van der Waals surface area contributed by atoms with Crippen LogP contribution in [0.15, 0.2) is 18.5 Å². The first kappa shape index (κ1) is 8.40. The van der Waals surface area contributed by atoms with Crippen molar-refractivity contribution in [2.45, 2.75) is 6.92 Å². The average Bonchev–Trinajstić information content (AvgIpc) is 1.86. The Bertz CT molecular complexity index is 306. The van der Waals surface area contributed by atoms with Crippen LogP contribution in [0.4, 0.5) is 0 Å². The van der Waals surface area contributed by atoms with Gasteiger partial charge in [-0.05, 0) is 18.6 Å². The standard InChI is InChI=1S/C6H8NO3P/c1-5-4-7-3-2-6(5)11(8,9)10/h2-4H,1H3,(H2,8,9,10). The molecule has 0 bridgehead atoms. The SMILES string of the molecule is Cc1cnccc1P(=O)(O)O. The van der Waals surface area contributed by atoms with Crippen LogP contribution < -0.4 is 5.30 Å². The zero-order valence-electron chi connectivity index (χ0n) is 5.93. The van der Waals surface area contributed by atoms with Gasteiger partial charge in [-0.25, -0.2) is 0 Å². The van der Waals surface area contributed by atoms with E-state index in [4.69, 9.17) is 9.79 Å². The van der Waals surface area contributed by atoms with E-state index in [1.165, 1.54) is 18.5 Å². The van der Waals surface area contributed by atoms with Crippen molar-refractivity contribution < 1.29 is 14.4 Å². The number of nitrogens with zero attached hydrogens (tertiary/aromatic N) is 1. The molecule has 2 N–H and O–H groups in total. The Morgan fingerprint density at radius 1 is 1.55 bits per heavy atom. The number of pyridine rings is 1. The Morgan fingerprint density at radius 3 is 2.55 bits per heavy atom. The molecule has 0 saturated carbocycles. The van der Waals surface area contributed by atoms with Gasteiger partial charge in [0.25, 0.3) is 0 Å². The summed E-state index contributed by atoms with van der Waals surface area (Å²) in [6, 6.07) is 1.33. The van der Waals surface area contributed by atoms with Crippen molar-refractivity contribution in [3.63, 3.8) is 0 Å². The number of hydrogen-bond donors (Lipinski definition) is 2. The van der Waals surface area contributed by atoms with Gasteiger partial charge in [0.1, 0.15) is 0 Å². The number of aromatic nitrogens is 1. The van der Waals surface area contributed by atoms with Gasteiger partial charge in [0.15, 0.2) is 0 Å². The third-order valence-corrected chi connectivity index (χ3v) is 2.43. The lowest BCUT2D eigenvalue weighted by atomic mass is 10.3. The number of rotatable bonds is 1.